The molecule has 2 aromatic rings. The molecule has 0 spiro atoms. The normalized spacial score (nSPS) is 13.9. The lowest BCUT2D eigenvalue weighted by atomic mass is 9.97. The van der Waals surface area contributed by atoms with Crippen molar-refractivity contribution < 1.29 is 33.4 Å². The summed E-state index contributed by atoms with van der Waals surface area (Å²) in [7, 11) is 0. The first-order chi connectivity index (χ1) is 21.7. The monoisotopic (exact) mass is 641 g/mol. The molecule has 1 aliphatic heterocycles. The first-order valence-electron chi connectivity index (χ1n) is 15.9. The number of carbonyl (C=O) groups excluding carboxylic acids is 4. The molecule has 3 rings (SSSR count). The standard InChI is InChI=1S/C21H33N3O4.C13H18N2O3/c1-5-27-19(25)17-9-13-24(14-10-17)12-6-7-16-8-11-22-18(15-16)23-20(26)28-21(2,3)4;1-13(2,3)18-12(17)15-11-9-10(5-4-8-16)6-7-14-11/h8,11,15,17H,5-7,9-10,12-14H2,1-4H3,(H,22,23,26);6-9H,4-5H2,1-3H3,(H,14,15,17). The number of likely N-dealkylation sites (tertiary alicyclic amines) is 1. The van der Waals surface area contributed by atoms with E-state index in [1.54, 1.807) is 39.2 Å². The van der Waals surface area contributed by atoms with E-state index in [1.165, 1.54) is 0 Å². The molecule has 0 aliphatic carbocycles. The number of esters is 1. The van der Waals surface area contributed by atoms with Gasteiger partial charge in [0.15, 0.2) is 0 Å². The van der Waals surface area contributed by atoms with Crippen molar-refractivity contribution in [2.24, 2.45) is 5.92 Å². The van der Waals surface area contributed by atoms with Crippen molar-refractivity contribution in [1.29, 1.82) is 0 Å². The number of nitrogens with one attached hydrogen (secondary N) is 2. The lowest BCUT2D eigenvalue weighted by Gasteiger charge is -2.30. The molecule has 1 fully saturated rings. The SMILES string of the molecule is CC(C)(C)OC(=O)Nc1cc(CCC=O)ccn1.CCOC(=O)C1CCN(CCCc2ccnc(NC(=O)OC(C)(C)C)c2)CC1. The van der Waals surface area contributed by atoms with Gasteiger partial charge < -0.3 is 23.9 Å². The molecule has 254 valence electrons. The van der Waals surface area contributed by atoms with E-state index in [0.29, 0.717) is 31.1 Å². The van der Waals surface area contributed by atoms with Crippen molar-refractivity contribution in [2.45, 2.75) is 98.2 Å². The molecular formula is C34H51N5O7. The molecule has 12 heteroatoms. The number of rotatable bonds is 11. The molecule has 2 N–H and O–H groups in total. The minimum Gasteiger partial charge on any atom is -0.466 e. The fourth-order valence-electron chi connectivity index (χ4n) is 4.60. The number of nitrogens with zero attached hydrogens (tertiary/aromatic N) is 3. The van der Waals surface area contributed by atoms with Gasteiger partial charge in [-0.3, -0.25) is 15.4 Å². The van der Waals surface area contributed by atoms with Crippen LogP contribution in [0.1, 0.15) is 85.3 Å². The Morgan fingerprint density at radius 1 is 0.870 bits per heavy atom. The number of anilines is 2. The van der Waals surface area contributed by atoms with Crippen LogP contribution in [0.5, 0.6) is 0 Å². The largest absolute Gasteiger partial charge is 0.466 e. The van der Waals surface area contributed by atoms with Gasteiger partial charge in [-0.05, 0) is 136 Å². The maximum Gasteiger partial charge on any atom is 0.413 e. The quantitative estimate of drug-likeness (QED) is 0.165. The summed E-state index contributed by atoms with van der Waals surface area (Å²) in [6.45, 7) is 16.0. The van der Waals surface area contributed by atoms with Crippen LogP contribution >= 0.6 is 0 Å². The summed E-state index contributed by atoms with van der Waals surface area (Å²) < 4.78 is 15.5. The third kappa shape index (κ3) is 16.3. The smallest absolute Gasteiger partial charge is 0.413 e. The van der Waals surface area contributed by atoms with E-state index in [4.69, 9.17) is 14.2 Å². The zero-order valence-electron chi connectivity index (χ0n) is 28.4. The molecule has 0 bridgehead atoms. The van der Waals surface area contributed by atoms with Gasteiger partial charge in [0.1, 0.15) is 29.1 Å². The van der Waals surface area contributed by atoms with Gasteiger partial charge in [-0.1, -0.05) is 0 Å². The van der Waals surface area contributed by atoms with Gasteiger partial charge in [-0.25, -0.2) is 19.6 Å². The van der Waals surface area contributed by atoms with Gasteiger partial charge >= 0.3 is 18.2 Å². The third-order valence-corrected chi connectivity index (χ3v) is 6.60. The molecule has 0 atom stereocenters. The Hall–Kier alpha value is -4.06. The second kappa shape index (κ2) is 18.8. The van der Waals surface area contributed by atoms with Crippen LogP contribution in [0.2, 0.25) is 0 Å². The Morgan fingerprint density at radius 3 is 1.83 bits per heavy atom. The Morgan fingerprint density at radius 2 is 1.37 bits per heavy atom. The van der Waals surface area contributed by atoms with Crippen LogP contribution in [-0.2, 0) is 36.6 Å². The van der Waals surface area contributed by atoms with Crippen LogP contribution in [0, 0.1) is 5.92 Å². The molecule has 0 aromatic carbocycles. The summed E-state index contributed by atoms with van der Waals surface area (Å²) in [6.07, 6.45) is 7.87. The van der Waals surface area contributed by atoms with Crippen LogP contribution < -0.4 is 10.6 Å². The average Bonchev–Trinajstić information content (AvgIpc) is 2.95. The van der Waals surface area contributed by atoms with Crippen LogP contribution in [0.15, 0.2) is 36.7 Å². The number of hydrogen-bond acceptors (Lipinski definition) is 10. The number of amides is 2. The second-order valence-corrected chi connectivity index (χ2v) is 13.0. The molecule has 3 heterocycles. The van der Waals surface area contributed by atoms with Crippen molar-refractivity contribution in [1.82, 2.24) is 14.9 Å². The average molecular weight is 642 g/mol. The minimum atomic E-state index is -0.542. The predicted octanol–water partition coefficient (Wildman–Crippen LogP) is 6.20. The first-order valence-corrected chi connectivity index (χ1v) is 15.9. The third-order valence-electron chi connectivity index (χ3n) is 6.60. The highest BCUT2D eigenvalue weighted by Gasteiger charge is 2.25. The Balaban J connectivity index is 0.000000353. The number of piperidine rings is 1. The molecule has 0 saturated carbocycles. The number of pyridine rings is 2. The molecular weight excluding hydrogens is 590 g/mol. The summed E-state index contributed by atoms with van der Waals surface area (Å²) in [5.41, 5.74) is 0.993. The van der Waals surface area contributed by atoms with E-state index >= 15 is 0 Å². The molecule has 1 aliphatic rings. The van der Waals surface area contributed by atoms with E-state index in [2.05, 4.69) is 25.5 Å². The lowest BCUT2D eigenvalue weighted by molar-refractivity contribution is -0.149. The van der Waals surface area contributed by atoms with E-state index in [0.717, 1.165) is 62.7 Å². The Bertz CT molecular complexity index is 1270. The molecule has 2 amide bonds. The summed E-state index contributed by atoms with van der Waals surface area (Å²) in [4.78, 5) is 56.1. The highest BCUT2D eigenvalue weighted by molar-refractivity contribution is 5.84. The van der Waals surface area contributed by atoms with E-state index in [-0.39, 0.29) is 11.9 Å². The summed E-state index contributed by atoms with van der Waals surface area (Å²) in [6, 6.07) is 7.39. The fraction of sp³-hybridized carbons (Fsp3) is 0.588. The molecule has 0 unspecified atom stereocenters. The molecule has 2 aromatic heterocycles. The first kappa shape index (κ1) is 38.1. The summed E-state index contributed by atoms with van der Waals surface area (Å²) in [5.74, 6) is 0.927. The van der Waals surface area contributed by atoms with Crippen molar-refractivity contribution in [3.63, 3.8) is 0 Å². The Labute approximate surface area is 273 Å². The van der Waals surface area contributed by atoms with Gasteiger partial charge in [0.2, 0.25) is 0 Å². The predicted molar refractivity (Wildman–Crippen MR) is 177 cm³/mol. The Kier molecular flexibility index (Phi) is 15.6. The van der Waals surface area contributed by atoms with Crippen molar-refractivity contribution in [3.05, 3.63) is 47.8 Å². The second-order valence-electron chi connectivity index (χ2n) is 13.0. The topological polar surface area (TPSA) is 149 Å². The van der Waals surface area contributed by atoms with Crippen molar-refractivity contribution >= 4 is 36.1 Å². The van der Waals surface area contributed by atoms with Gasteiger partial charge in [-0.15, -0.1) is 0 Å². The number of aldehydes is 1. The zero-order valence-corrected chi connectivity index (χ0v) is 28.4. The lowest BCUT2D eigenvalue weighted by Crippen LogP contribution is -2.37. The highest BCUT2D eigenvalue weighted by atomic mass is 16.6. The van der Waals surface area contributed by atoms with Crippen LogP contribution in [0.3, 0.4) is 0 Å². The van der Waals surface area contributed by atoms with Gasteiger partial charge in [0.05, 0.1) is 12.5 Å². The molecule has 1 saturated heterocycles. The summed E-state index contributed by atoms with van der Waals surface area (Å²) in [5, 5.41) is 5.23. The number of aromatic nitrogens is 2. The number of ether oxygens (including phenoxy) is 3. The van der Waals surface area contributed by atoms with Gasteiger partial charge in [0, 0.05) is 18.8 Å². The minimum absolute atomic E-state index is 0.0519. The maximum absolute atomic E-state index is 11.9. The van der Waals surface area contributed by atoms with Gasteiger partial charge in [-0.2, -0.15) is 0 Å². The number of hydrogen-bond donors (Lipinski definition) is 2. The molecule has 46 heavy (non-hydrogen) atoms. The van der Waals surface area contributed by atoms with Gasteiger partial charge in [0.25, 0.3) is 0 Å². The fourth-order valence-corrected chi connectivity index (χ4v) is 4.60. The van der Waals surface area contributed by atoms with E-state index < -0.39 is 23.4 Å². The summed E-state index contributed by atoms with van der Waals surface area (Å²) >= 11 is 0. The number of carbonyl (C=O) groups is 4. The maximum atomic E-state index is 11.9. The van der Waals surface area contributed by atoms with Crippen molar-refractivity contribution in [3.8, 4) is 0 Å². The van der Waals surface area contributed by atoms with Crippen LogP contribution in [0.4, 0.5) is 21.2 Å². The molecule has 0 radical (unpaired) electrons. The number of aryl methyl sites for hydroxylation is 2. The highest BCUT2D eigenvalue weighted by Crippen LogP contribution is 2.20. The molecule has 12 nitrogen and oxygen atoms in total. The van der Waals surface area contributed by atoms with Crippen LogP contribution in [-0.4, -0.2) is 76.8 Å². The van der Waals surface area contributed by atoms with Crippen LogP contribution in [0.25, 0.3) is 0 Å². The van der Waals surface area contributed by atoms with E-state index in [9.17, 15) is 19.2 Å². The van der Waals surface area contributed by atoms with E-state index in [1.807, 2.05) is 45.9 Å². The van der Waals surface area contributed by atoms with Crippen molar-refractivity contribution in [2.75, 3.05) is 36.9 Å². The zero-order chi connectivity index (χ0) is 34.2.